The minimum absolute atomic E-state index is 0.396. The molecule has 0 aliphatic carbocycles. The van der Waals surface area contributed by atoms with Gasteiger partial charge in [0.15, 0.2) is 0 Å². The number of pyridine rings is 1. The van der Waals surface area contributed by atoms with Gasteiger partial charge in [-0.15, -0.1) is 0 Å². The molecule has 2 atom stereocenters. The smallest absolute Gasteiger partial charge is 0.0705 e. The van der Waals surface area contributed by atoms with E-state index in [0.717, 1.165) is 5.52 Å². The Hall–Kier alpha value is -1.41. The highest BCUT2D eigenvalue weighted by atomic mass is 14.9. The van der Waals surface area contributed by atoms with E-state index in [-0.39, 0.29) is 0 Å². The van der Waals surface area contributed by atoms with Crippen LogP contribution in [-0.4, -0.2) is 12.0 Å². The molecule has 0 spiro atoms. The lowest BCUT2D eigenvalue weighted by Crippen LogP contribution is -2.23. The molecule has 0 aliphatic heterocycles. The summed E-state index contributed by atoms with van der Waals surface area (Å²) in [5, 5.41) is 4.69. The fourth-order valence-corrected chi connectivity index (χ4v) is 2.37. The molecule has 90 valence electrons. The summed E-state index contributed by atoms with van der Waals surface area (Å²) in [6.45, 7) is 4.52. The van der Waals surface area contributed by atoms with E-state index in [4.69, 9.17) is 0 Å². The average molecular weight is 228 g/mol. The molecule has 1 heterocycles. The Bertz CT molecular complexity index is 488. The van der Waals surface area contributed by atoms with Crippen molar-refractivity contribution in [3.8, 4) is 0 Å². The highest BCUT2D eigenvalue weighted by molar-refractivity contribution is 5.82. The highest BCUT2D eigenvalue weighted by Gasteiger charge is 2.17. The fourth-order valence-electron chi connectivity index (χ4n) is 2.37. The Morgan fingerprint density at radius 3 is 2.71 bits per heavy atom. The third-order valence-corrected chi connectivity index (χ3v) is 3.54. The van der Waals surface area contributed by atoms with Gasteiger partial charge in [0.25, 0.3) is 0 Å². The second kappa shape index (κ2) is 5.28. The number of benzene rings is 1. The van der Waals surface area contributed by atoms with Crippen molar-refractivity contribution in [2.75, 3.05) is 7.05 Å². The SMILES string of the molecule is CCC(C)C(NC)c1ccnc2ccccc12. The predicted octanol–water partition coefficient (Wildman–Crippen LogP) is 3.54. The van der Waals surface area contributed by atoms with Gasteiger partial charge in [-0.2, -0.15) is 0 Å². The van der Waals surface area contributed by atoms with Crippen LogP contribution in [0, 0.1) is 5.92 Å². The van der Waals surface area contributed by atoms with E-state index in [2.05, 4.69) is 48.4 Å². The first-order chi connectivity index (χ1) is 8.27. The van der Waals surface area contributed by atoms with Crippen molar-refractivity contribution in [2.45, 2.75) is 26.3 Å². The number of aromatic nitrogens is 1. The molecule has 1 N–H and O–H groups in total. The van der Waals surface area contributed by atoms with Crippen LogP contribution in [0.25, 0.3) is 10.9 Å². The molecule has 2 heteroatoms. The van der Waals surface area contributed by atoms with Crippen LogP contribution in [0.5, 0.6) is 0 Å². The summed E-state index contributed by atoms with van der Waals surface area (Å²) in [6.07, 6.45) is 3.08. The quantitative estimate of drug-likeness (QED) is 0.865. The summed E-state index contributed by atoms with van der Waals surface area (Å²) in [5.41, 5.74) is 2.43. The lowest BCUT2D eigenvalue weighted by Gasteiger charge is -2.24. The van der Waals surface area contributed by atoms with Gasteiger partial charge in [0, 0.05) is 17.6 Å². The number of hydrogen-bond donors (Lipinski definition) is 1. The van der Waals surface area contributed by atoms with E-state index in [1.54, 1.807) is 0 Å². The van der Waals surface area contributed by atoms with Crippen LogP contribution in [0.15, 0.2) is 36.5 Å². The van der Waals surface area contributed by atoms with Crippen LogP contribution in [0.3, 0.4) is 0 Å². The monoisotopic (exact) mass is 228 g/mol. The van der Waals surface area contributed by atoms with E-state index in [1.165, 1.54) is 17.4 Å². The third-order valence-electron chi connectivity index (χ3n) is 3.54. The van der Waals surface area contributed by atoms with Crippen LogP contribution < -0.4 is 5.32 Å². The van der Waals surface area contributed by atoms with Crippen molar-refractivity contribution in [3.05, 3.63) is 42.1 Å². The Morgan fingerprint density at radius 1 is 1.24 bits per heavy atom. The number of nitrogens with one attached hydrogen (secondary N) is 1. The molecule has 1 aromatic carbocycles. The Labute approximate surface area is 103 Å². The normalized spacial score (nSPS) is 14.8. The number of hydrogen-bond acceptors (Lipinski definition) is 2. The van der Waals surface area contributed by atoms with E-state index in [1.807, 2.05) is 19.3 Å². The predicted molar refractivity (Wildman–Crippen MR) is 73.0 cm³/mol. The number of rotatable bonds is 4. The van der Waals surface area contributed by atoms with Gasteiger partial charge in [0.2, 0.25) is 0 Å². The molecule has 0 amide bonds. The van der Waals surface area contributed by atoms with Crippen molar-refractivity contribution < 1.29 is 0 Å². The zero-order valence-electron chi connectivity index (χ0n) is 10.8. The largest absolute Gasteiger partial charge is 0.313 e. The molecule has 1 aromatic heterocycles. The molecule has 0 bridgehead atoms. The maximum Gasteiger partial charge on any atom is 0.0705 e. The van der Waals surface area contributed by atoms with Crippen molar-refractivity contribution in [2.24, 2.45) is 5.92 Å². The first-order valence-electron chi connectivity index (χ1n) is 6.28. The van der Waals surface area contributed by atoms with Gasteiger partial charge in [0.1, 0.15) is 0 Å². The second-order valence-corrected chi connectivity index (χ2v) is 4.57. The van der Waals surface area contributed by atoms with Gasteiger partial charge in [-0.25, -0.2) is 0 Å². The summed E-state index contributed by atoms with van der Waals surface area (Å²) in [5.74, 6) is 0.616. The van der Waals surface area contributed by atoms with E-state index in [0.29, 0.717) is 12.0 Å². The number of nitrogens with zero attached hydrogens (tertiary/aromatic N) is 1. The summed E-state index contributed by atoms with van der Waals surface area (Å²) in [6, 6.07) is 10.9. The topological polar surface area (TPSA) is 24.9 Å². The van der Waals surface area contributed by atoms with Crippen molar-refractivity contribution in [1.29, 1.82) is 0 Å². The van der Waals surface area contributed by atoms with Gasteiger partial charge in [0.05, 0.1) is 5.52 Å². The number of fused-ring (bicyclic) bond motifs is 1. The molecule has 0 fully saturated rings. The molecule has 0 aliphatic rings. The minimum Gasteiger partial charge on any atom is -0.313 e. The maximum atomic E-state index is 4.42. The lowest BCUT2D eigenvalue weighted by atomic mass is 9.90. The molecule has 2 rings (SSSR count). The second-order valence-electron chi connectivity index (χ2n) is 4.57. The van der Waals surface area contributed by atoms with Crippen molar-refractivity contribution in [1.82, 2.24) is 10.3 Å². The Kier molecular flexibility index (Phi) is 3.75. The standard InChI is InChI=1S/C15H20N2/c1-4-11(2)15(16-3)13-9-10-17-14-8-6-5-7-12(13)14/h5-11,15-16H,4H2,1-3H3. The molecule has 0 saturated carbocycles. The first kappa shape index (κ1) is 12.1. The Balaban J connectivity index is 2.53. The van der Waals surface area contributed by atoms with E-state index >= 15 is 0 Å². The minimum atomic E-state index is 0.396. The van der Waals surface area contributed by atoms with Crippen LogP contribution in [-0.2, 0) is 0 Å². The van der Waals surface area contributed by atoms with Gasteiger partial charge >= 0.3 is 0 Å². The van der Waals surface area contributed by atoms with E-state index < -0.39 is 0 Å². The molecule has 0 radical (unpaired) electrons. The van der Waals surface area contributed by atoms with Gasteiger partial charge in [-0.3, -0.25) is 4.98 Å². The average Bonchev–Trinajstić information content (AvgIpc) is 2.39. The van der Waals surface area contributed by atoms with Crippen LogP contribution in [0.4, 0.5) is 0 Å². The zero-order chi connectivity index (χ0) is 12.3. The fraction of sp³-hybridized carbons (Fsp3) is 0.400. The molecule has 0 saturated heterocycles. The van der Waals surface area contributed by atoms with Gasteiger partial charge < -0.3 is 5.32 Å². The molecular weight excluding hydrogens is 208 g/mol. The van der Waals surface area contributed by atoms with Crippen LogP contribution in [0.1, 0.15) is 31.9 Å². The van der Waals surface area contributed by atoms with Crippen molar-refractivity contribution >= 4 is 10.9 Å². The van der Waals surface area contributed by atoms with Gasteiger partial charge in [-0.05, 0) is 30.7 Å². The van der Waals surface area contributed by atoms with Crippen LogP contribution >= 0.6 is 0 Å². The molecule has 2 nitrogen and oxygen atoms in total. The summed E-state index contributed by atoms with van der Waals surface area (Å²) < 4.78 is 0. The highest BCUT2D eigenvalue weighted by Crippen LogP contribution is 2.29. The van der Waals surface area contributed by atoms with Crippen molar-refractivity contribution in [3.63, 3.8) is 0 Å². The lowest BCUT2D eigenvalue weighted by molar-refractivity contribution is 0.402. The van der Waals surface area contributed by atoms with Gasteiger partial charge in [-0.1, -0.05) is 38.5 Å². The molecule has 2 unspecified atom stereocenters. The Morgan fingerprint density at radius 2 is 2.00 bits per heavy atom. The van der Waals surface area contributed by atoms with E-state index in [9.17, 15) is 0 Å². The summed E-state index contributed by atoms with van der Waals surface area (Å²) >= 11 is 0. The third kappa shape index (κ3) is 2.32. The summed E-state index contributed by atoms with van der Waals surface area (Å²) in [4.78, 5) is 4.42. The maximum absolute atomic E-state index is 4.42. The summed E-state index contributed by atoms with van der Waals surface area (Å²) in [7, 11) is 2.03. The first-order valence-corrected chi connectivity index (χ1v) is 6.28. The zero-order valence-corrected chi connectivity index (χ0v) is 10.8. The van der Waals surface area contributed by atoms with Crippen LogP contribution in [0.2, 0.25) is 0 Å². The number of para-hydroxylation sites is 1. The molecule has 17 heavy (non-hydrogen) atoms. The molecule has 2 aromatic rings. The molecular formula is C15H20N2.